The first-order chi connectivity index (χ1) is 19.6. The highest BCUT2D eigenvalue weighted by Crippen LogP contribution is 2.33. The van der Waals surface area contributed by atoms with Gasteiger partial charge in [0.25, 0.3) is 0 Å². The van der Waals surface area contributed by atoms with Gasteiger partial charge in [0, 0.05) is 29.6 Å². The third kappa shape index (κ3) is 6.38. The van der Waals surface area contributed by atoms with Gasteiger partial charge in [-0.2, -0.15) is 8.78 Å². The Morgan fingerprint density at radius 2 is 1.85 bits per heavy atom. The van der Waals surface area contributed by atoms with E-state index in [4.69, 9.17) is 16.3 Å². The van der Waals surface area contributed by atoms with Crippen LogP contribution >= 0.6 is 11.6 Å². The number of piperidine rings is 1. The van der Waals surface area contributed by atoms with Gasteiger partial charge < -0.3 is 19.1 Å². The van der Waals surface area contributed by atoms with E-state index in [1.165, 1.54) is 30.3 Å². The van der Waals surface area contributed by atoms with Gasteiger partial charge in [-0.25, -0.2) is 23.5 Å². The van der Waals surface area contributed by atoms with Crippen LogP contribution in [-0.2, 0) is 20.2 Å². The summed E-state index contributed by atoms with van der Waals surface area (Å²) >= 11 is 5.79. The smallest absolute Gasteiger partial charge is 0.387 e. The summed E-state index contributed by atoms with van der Waals surface area (Å²) in [5.74, 6) is -2.00. The number of ether oxygens (including phenoxy) is 2. The monoisotopic (exact) mass is 592 g/mol. The Kier molecular flexibility index (Phi) is 8.32. The SMILES string of the molecule is Cn1c(CN2CCC(c3nc(OCc4ccc(Cl)cc4F)ccc3F)CC2)nc2c(OC(F)F)cc(C(=O)O)cc21. The number of rotatable bonds is 9. The third-order valence-electron chi connectivity index (χ3n) is 7.08. The van der Waals surface area contributed by atoms with Crippen LogP contribution in [0.25, 0.3) is 11.0 Å². The molecule has 41 heavy (non-hydrogen) atoms. The Labute approximate surface area is 237 Å². The van der Waals surface area contributed by atoms with Crippen LogP contribution in [0.15, 0.2) is 42.5 Å². The molecule has 216 valence electrons. The number of imidazole rings is 1. The van der Waals surface area contributed by atoms with Crippen LogP contribution in [0.2, 0.25) is 5.02 Å². The van der Waals surface area contributed by atoms with Crippen LogP contribution in [-0.4, -0.2) is 50.2 Å². The lowest BCUT2D eigenvalue weighted by Gasteiger charge is -2.31. The number of carbonyl (C=O) groups is 1. The van der Waals surface area contributed by atoms with Gasteiger partial charge in [0.1, 0.15) is 29.6 Å². The highest BCUT2D eigenvalue weighted by atomic mass is 35.5. The van der Waals surface area contributed by atoms with Crippen molar-refractivity contribution in [1.82, 2.24) is 19.4 Å². The molecule has 3 heterocycles. The van der Waals surface area contributed by atoms with Crippen molar-refractivity contribution in [2.45, 2.75) is 38.5 Å². The first-order valence-electron chi connectivity index (χ1n) is 12.7. The predicted octanol–water partition coefficient (Wildman–Crippen LogP) is 6.16. The van der Waals surface area contributed by atoms with Crippen molar-refractivity contribution >= 4 is 28.6 Å². The number of carboxylic acid groups (broad SMARTS) is 1. The number of fused-ring (bicyclic) bond motifs is 1. The van der Waals surface area contributed by atoms with E-state index in [9.17, 15) is 27.5 Å². The minimum absolute atomic E-state index is 0.0877. The molecule has 0 aliphatic carbocycles. The summed E-state index contributed by atoms with van der Waals surface area (Å²) in [7, 11) is 1.68. The second-order valence-electron chi connectivity index (χ2n) is 9.70. The van der Waals surface area contributed by atoms with Gasteiger partial charge in [0.05, 0.1) is 23.3 Å². The fourth-order valence-corrected chi connectivity index (χ4v) is 5.07. The molecule has 1 aliphatic rings. The number of aryl methyl sites for hydroxylation is 1. The maximum atomic E-state index is 14.7. The van der Waals surface area contributed by atoms with E-state index in [2.05, 4.69) is 19.6 Å². The summed E-state index contributed by atoms with van der Waals surface area (Å²) in [6.45, 7) is -1.70. The number of carboxylic acids is 1. The first kappa shape index (κ1) is 28.6. The van der Waals surface area contributed by atoms with Crippen LogP contribution in [0.1, 0.15) is 46.2 Å². The molecule has 1 fully saturated rings. The topological polar surface area (TPSA) is 89.7 Å². The normalized spacial score (nSPS) is 14.6. The zero-order valence-electron chi connectivity index (χ0n) is 21.8. The zero-order chi connectivity index (χ0) is 29.3. The summed E-state index contributed by atoms with van der Waals surface area (Å²) < 4.78 is 66.6. The molecular weight excluding hydrogens is 568 g/mol. The number of aromatic nitrogens is 3. The van der Waals surface area contributed by atoms with Crippen LogP contribution in [0.3, 0.4) is 0 Å². The van der Waals surface area contributed by atoms with Crippen molar-refractivity contribution in [2.75, 3.05) is 13.1 Å². The number of pyridine rings is 1. The molecule has 1 N–H and O–H groups in total. The number of benzene rings is 2. The Morgan fingerprint density at radius 1 is 1.10 bits per heavy atom. The molecule has 0 bridgehead atoms. The van der Waals surface area contributed by atoms with Crippen molar-refractivity contribution in [3.63, 3.8) is 0 Å². The maximum Gasteiger partial charge on any atom is 0.387 e. The fourth-order valence-electron chi connectivity index (χ4n) is 4.92. The van der Waals surface area contributed by atoms with Gasteiger partial charge in [-0.05, 0) is 56.3 Å². The summed E-state index contributed by atoms with van der Waals surface area (Å²) in [5.41, 5.74) is 0.875. The molecule has 0 radical (unpaired) electrons. The van der Waals surface area contributed by atoms with Gasteiger partial charge in [-0.1, -0.05) is 17.7 Å². The molecule has 1 aliphatic heterocycles. The lowest BCUT2D eigenvalue weighted by atomic mass is 9.92. The van der Waals surface area contributed by atoms with E-state index in [0.717, 1.165) is 6.07 Å². The molecule has 4 aromatic rings. The third-order valence-corrected chi connectivity index (χ3v) is 7.32. The molecule has 2 aromatic heterocycles. The molecule has 0 atom stereocenters. The number of nitrogens with zero attached hydrogens (tertiary/aromatic N) is 4. The van der Waals surface area contributed by atoms with Crippen molar-refractivity contribution in [3.8, 4) is 11.6 Å². The Balaban J connectivity index is 1.26. The van der Waals surface area contributed by atoms with Crippen molar-refractivity contribution in [2.24, 2.45) is 7.05 Å². The molecule has 13 heteroatoms. The largest absolute Gasteiger partial charge is 0.478 e. The van der Waals surface area contributed by atoms with E-state index in [1.807, 2.05) is 0 Å². The summed E-state index contributed by atoms with van der Waals surface area (Å²) in [6.07, 6.45) is 1.18. The van der Waals surface area contributed by atoms with Crippen molar-refractivity contribution < 1.29 is 36.9 Å². The molecule has 8 nitrogen and oxygen atoms in total. The van der Waals surface area contributed by atoms with Gasteiger partial charge in [-0.15, -0.1) is 0 Å². The molecular formula is C28H25ClF4N4O4. The van der Waals surface area contributed by atoms with Crippen molar-refractivity contribution in [1.29, 1.82) is 0 Å². The first-order valence-corrected chi connectivity index (χ1v) is 13.1. The van der Waals surface area contributed by atoms with Crippen molar-refractivity contribution in [3.05, 3.63) is 81.8 Å². The van der Waals surface area contributed by atoms with E-state index >= 15 is 0 Å². The summed E-state index contributed by atoms with van der Waals surface area (Å²) in [5, 5.41) is 9.65. The Bertz CT molecular complexity index is 1590. The summed E-state index contributed by atoms with van der Waals surface area (Å²) in [4.78, 5) is 22.4. The molecule has 1 saturated heterocycles. The highest BCUT2D eigenvalue weighted by molar-refractivity contribution is 6.30. The minimum atomic E-state index is -3.14. The molecule has 5 rings (SSSR count). The summed E-state index contributed by atoms with van der Waals surface area (Å²) in [6, 6.07) is 9.34. The Hall–Kier alpha value is -3.90. The lowest BCUT2D eigenvalue weighted by molar-refractivity contribution is -0.0489. The Morgan fingerprint density at radius 3 is 2.54 bits per heavy atom. The van der Waals surface area contributed by atoms with Gasteiger partial charge in [-0.3, -0.25) is 4.90 Å². The maximum absolute atomic E-state index is 14.7. The van der Waals surface area contributed by atoms with E-state index < -0.39 is 24.2 Å². The van der Waals surface area contributed by atoms with Crippen LogP contribution < -0.4 is 9.47 Å². The standard InChI is InChI=1S/C28H25ClF4N4O4/c1-36-21-10-17(27(38)39)11-22(41-28(32)33)26(21)34-23(36)13-37-8-6-15(7-9-37)25-19(30)4-5-24(35-25)40-14-16-2-3-18(29)12-20(16)31/h2-5,10-12,15,28H,6-9,13-14H2,1H3,(H,38,39). The number of likely N-dealkylation sites (tertiary alicyclic amines) is 1. The van der Waals surface area contributed by atoms with Gasteiger partial charge in [0.2, 0.25) is 5.88 Å². The molecule has 0 unspecified atom stereocenters. The lowest BCUT2D eigenvalue weighted by Crippen LogP contribution is -2.33. The highest BCUT2D eigenvalue weighted by Gasteiger charge is 2.26. The van der Waals surface area contributed by atoms with E-state index in [-0.39, 0.29) is 46.0 Å². The average molecular weight is 593 g/mol. The molecule has 2 aromatic carbocycles. The van der Waals surface area contributed by atoms with Gasteiger partial charge >= 0.3 is 12.6 Å². The van der Waals surface area contributed by atoms with E-state index in [1.54, 1.807) is 17.7 Å². The second kappa shape index (κ2) is 11.9. The van der Waals surface area contributed by atoms with Crippen LogP contribution in [0.4, 0.5) is 17.6 Å². The predicted molar refractivity (Wildman–Crippen MR) is 141 cm³/mol. The number of halogens is 5. The van der Waals surface area contributed by atoms with Crippen LogP contribution in [0, 0.1) is 11.6 Å². The van der Waals surface area contributed by atoms with E-state index in [0.29, 0.717) is 49.4 Å². The fraction of sp³-hybridized carbons (Fsp3) is 0.321. The number of aromatic carboxylic acids is 1. The minimum Gasteiger partial charge on any atom is -0.478 e. The zero-order valence-corrected chi connectivity index (χ0v) is 22.5. The number of hydrogen-bond donors (Lipinski definition) is 1. The molecule has 0 amide bonds. The number of hydrogen-bond acceptors (Lipinski definition) is 6. The number of alkyl halides is 2. The van der Waals surface area contributed by atoms with Gasteiger partial charge in [0.15, 0.2) is 5.75 Å². The second-order valence-corrected chi connectivity index (χ2v) is 10.1. The van der Waals surface area contributed by atoms with Crippen LogP contribution in [0.5, 0.6) is 11.6 Å². The average Bonchev–Trinajstić information content (AvgIpc) is 3.24. The molecule has 0 spiro atoms. The molecule has 0 saturated carbocycles. The quantitative estimate of drug-likeness (QED) is 0.233.